The van der Waals surface area contributed by atoms with Crippen LogP contribution in [-0.2, 0) is 0 Å². The van der Waals surface area contributed by atoms with Gasteiger partial charge in [0.15, 0.2) is 0 Å². The number of hydrazine groups is 1. The molecule has 2 rings (SSSR count). The van der Waals surface area contributed by atoms with E-state index in [-0.39, 0.29) is 23.8 Å². The summed E-state index contributed by atoms with van der Waals surface area (Å²) in [6.45, 7) is 2.49. The molecular weight excluding hydrogens is 276 g/mol. The number of likely N-dealkylation sites (tertiary alicyclic amines) is 1. The first-order valence-electron chi connectivity index (χ1n) is 6.61. The van der Waals surface area contributed by atoms with Crippen LogP contribution in [0.25, 0.3) is 0 Å². The number of hydrogen-bond donors (Lipinski definition) is 3. The van der Waals surface area contributed by atoms with E-state index in [1.165, 1.54) is 18.2 Å². The van der Waals surface area contributed by atoms with Gasteiger partial charge in [-0.15, -0.1) is 0 Å². The highest BCUT2D eigenvalue weighted by molar-refractivity contribution is 5.96. The van der Waals surface area contributed by atoms with E-state index in [1.807, 2.05) is 0 Å². The van der Waals surface area contributed by atoms with Gasteiger partial charge in [0.05, 0.1) is 10.5 Å². The number of carbonyl (C=O) groups is 1. The summed E-state index contributed by atoms with van der Waals surface area (Å²) in [4.78, 5) is 24.2. The Morgan fingerprint density at radius 1 is 1.57 bits per heavy atom. The zero-order valence-corrected chi connectivity index (χ0v) is 11.7. The third kappa shape index (κ3) is 3.29. The predicted octanol–water partition coefficient (Wildman–Crippen LogP) is 0.867. The molecule has 0 aliphatic carbocycles. The van der Waals surface area contributed by atoms with Crippen molar-refractivity contribution in [3.05, 3.63) is 33.9 Å². The highest BCUT2D eigenvalue weighted by atomic mass is 16.6. The number of benzene rings is 1. The topological polar surface area (TPSA) is 122 Å². The first kappa shape index (κ1) is 15.2. The standard InChI is InChI=1S/C13H18N4O4/c1-13(19)5-2-6-16(8-13)12(18)9-3-4-11(17(20)21)10(7-9)15-14/h3-4,7,15,19H,2,5-6,8,14H2,1H3. The van der Waals surface area contributed by atoms with Crippen molar-refractivity contribution in [1.82, 2.24) is 4.90 Å². The summed E-state index contributed by atoms with van der Waals surface area (Å²) >= 11 is 0. The molecule has 1 amide bonds. The Bertz CT molecular complexity index is 573. The molecule has 21 heavy (non-hydrogen) atoms. The van der Waals surface area contributed by atoms with Gasteiger partial charge in [-0.05, 0) is 31.9 Å². The maximum Gasteiger partial charge on any atom is 0.293 e. The summed E-state index contributed by atoms with van der Waals surface area (Å²) < 4.78 is 0. The molecule has 4 N–H and O–H groups in total. The second kappa shape index (κ2) is 5.66. The number of carbonyl (C=O) groups excluding carboxylic acids is 1. The van der Waals surface area contributed by atoms with E-state index in [4.69, 9.17) is 5.84 Å². The Hall–Kier alpha value is -2.19. The normalized spacial score (nSPS) is 22.0. The molecule has 1 atom stereocenters. The Morgan fingerprint density at radius 2 is 2.29 bits per heavy atom. The number of β-amino-alcohol motifs (C(OH)–C–C–N with tert-alkyl or cyclic N) is 1. The number of rotatable bonds is 3. The molecule has 0 bridgehead atoms. The predicted molar refractivity (Wildman–Crippen MR) is 76.7 cm³/mol. The smallest absolute Gasteiger partial charge is 0.293 e. The highest BCUT2D eigenvalue weighted by Crippen LogP contribution is 2.27. The van der Waals surface area contributed by atoms with Crippen molar-refractivity contribution in [2.75, 3.05) is 18.5 Å². The van der Waals surface area contributed by atoms with E-state index < -0.39 is 10.5 Å². The van der Waals surface area contributed by atoms with Crippen LogP contribution in [0.2, 0.25) is 0 Å². The van der Waals surface area contributed by atoms with Gasteiger partial charge in [-0.2, -0.15) is 0 Å². The molecule has 114 valence electrons. The van der Waals surface area contributed by atoms with Crippen molar-refractivity contribution in [1.29, 1.82) is 0 Å². The minimum absolute atomic E-state index is 0.0784. The SMILES string of the molecule is CC1(O)CCCN(C(=O)c2ccc([N+](=O)[O-])c(NN)c2)C1. The quantitative estimate of drug-likeness (QED) is 0.432. The number of nitro benzene ring substituents is 1. The minimum Gasteiger partial charge on any atom is -0.388 e. The fourth-order valence-electron chi connectivity index (χ4n) is 2.52. The molecular formula is C13H18N4O4. The van der Waals surface area contributed by atoms with E-state index >= 15 is 0 Å². The molecule has 0 aromatic heterocycles. The molecule has 1 unspecified atom stereocenters. The molecule has 1 fully saturated rings. The fraction of sp³-hybridized carbons (Fsp3) is 0.462. The molecule has 8 heteroatoms. The number of nitrogens with one attached hydrogen (secondary N) is 1. The van der Waals surface area contributed by atoms with Gasteiger partial charge in [0.1, 0.15) is 5.69 Å². The zero-order chi connectivity index (χ0) is 15.6. The lowest BCUT2D eigenvalue weighted by molar-refractivity contribution is -0.384. The van der Waals surface area contributed by atoms with Crippen molar-refractivity contribution in [3.8, 4) is 0 Å². The maximum absolute atomic E-state index is 12.4. The van der Waals surface area contributed by atoms with Crippen molar-refractivity contribution in [3.63, 3.8) is 0 Å². The molecule has 0 saturated carbocycles. The van der Waals surface area contributed by atoms with Crippen LogP contribution >= 0.6 is 0 Å². The van der Waals surface area contributed by atoms with Crippen LogP contribution in [0.15, 0.2) is 18.2 Å². The van der Waals surface area contributed by atoms with E-state index in [9.17, 15) is 20.0 Å². The fourth-order valence-corrected chi connectivity index (χ4v) is 2.52. The van der Waals surface area contributed by atoms with Crippen LogP contribution in [0.5, 0.6) is 0 Å². The van der Waals surface area contributed by atoms with Crippen LogP contribution in [-0.4, -0.2) is 39.5 Å². The van der Waals surface area contributed by atoms with Crippen molar-refractivity contribution in [2.45, 2.75) is 25.4 Å². The number of hydrogen-bond acceptors (Lipinski definition) is 6. The van der Waals surface area contributed by atoms with Gasteiger partial charge in [0.2, 0.25) is 0 Å². The number of amides is 1. The average Bonchev–Trinajstić information content (AvgIpc) is 2.44. The number of nitrogens with two attached hydrogens (primary N) is 1. The molecule has 0 spiro atoms. The Morgan fingerprint density at radius 3 is 2.86 bits per heavy atom. The van der Waals surface area contributed by atoms with Gasteiger partial charge < -0.3 is 15.4 Å². The molecule has 0 radical (unpaired) electrons. The van der Waals surface area contributed by atoms with Gasteiger partial charge in [-0.3, -0.25) is 20.8 Å². The third-order valence-electron chi connectivity index (χ3n) is 3.56. The second-order valence-corrected chi connectivity index (χ2v) is 5.46. The number of nitro groups is 1. The molecule has 1 saturated heterocycles. The highest BCUT2D eigenvalue weighted by Gasteiger charge is 2.31. The van der Waals surface area contributed by atoms with Crippen LogP contribution < -0.4 is 11.3 Å². The van der Waals surface area contributed by atoms with Crippen LogP contribution in [0.4, 0.5) is 11.4 Å². The number of nitrogens with zero attached hydrogens (tertiary/aromatic N) is 2. The summed E-state index contributed by atoms with van der Waals surface area (Å²) in [5.41, 5.74) is 1.51. The summed E-state index contributed by atoms with van der Waals surface area (Å²) in [7, 11) is 0. The molecule has 1 aromatic rings. The van der Waals surface area contributed by atoms with E-state index in [1.54, 1.807) is 11.8 Å². The lowest BCUT2D eigenvalue weighted by Gasteiger charge is -2.36. The monoisotopic (exact) mass is 294 g/mol. The summed E-state index contributed by atoms with van der Waals surface area (Å²) in [6.07, 6.45) is 1.36. The van der Waals surface area contributed by atoms with E-state index in [0.29, 0.717) is 24.9 Å². The van der Waals surface area contributed by atoms with E-state index in [0.717, 1.165) is 0 Å². The van der Waals surface area contributed by atoms with Gasteiger partial charge >= 0.3 is 0 Å². The van der Waals surface area contributed by atoms with Crippen LogP contribution in [0, 0.1) is 10.1 Å². The second-order valence-electron chi connectivity index (χ2n) is 5.46. The first-order chi connectivity index (χ1) is 9.84. The molecule has 1 heterocycles. The minimum atomic E-state index is -0.899. The third-order valence-corrected chi connectivity index (χ3v) is 3.56. The zero-order valence-electron chi connectivity index (χ0n) is 11.7. The van der Waals surface area contributed by atoms with Gasteiger partial charge in [0.25, 0.3) is 11.6 Å². The van der Waals surface area contributed by atoms with Crippen molar-refractivity contribution >= 4 is 17.3 Å². The van der Waals surface area contributed by atoms with Gasteiger partial charge in [-0.1, -0.05) is 0 Å². The first-order valence-corrected chi connectivity index (χ1v) is 6.61. The van der Waals surface area contributed by atoms with Gasteiger partial charge in [0, 0.05) is 24.7 Å². The Kier molecular flexibility index (Phi) is 4.10. The average molecular weight is 294 g/mol. The summed E-state index contributed by atoms with van der Waals surface area (Å²) in [5.74, 6) is 4.98. The Balaban J connectivity index is 2.25. The molecule has 1 aliphatic rings. The number of nitrogen functional groups attached to an aromatic ring is 1. The largest absolute Gasteiger partial charge is 0.388 e. The van der Waals surface area contributed by atoms with Crippen molar-refractivity contribution < 1.29 is 14.8 Å². The maximum atomic E-state index is 12.4. The molecule has 1 aromatic carbocycles. The Labute approximate surface area is 121 Å². The molecule has 8 nitrogen and oxygen atoms in total. The lowest BCUT2D eigenvalue weighted by atomic mass is 9.94. The lowest BCUT2D eigenvalue weighted by Crippen LogP contribution is -2.48. The van der Waals surface area contributed by atoms with Gasteiger partial charge in [-0.25, -0.2) is 0 Å². The summed E-state index contributed by atoms with van der Waals surface area (Å²) in [5, 5.41) is 20.9. The summed E-state index contributed by atoms with van der Waals surface area (Å²) in [6, 6.07) is 3.99. The number of aliphatic hydroxyl groups is 1. The van der Waals surface area contributed by atoms with E-state index in [2.05, 4.69) is 5.43 Å². The number of piperidine rings is 1. The molecule has 1 aliphatic heterocycles. The van der Waals surface area contributed by atoms with Crippen molar-refractivity contribution in [2.24, 2.45) is 5.84 Å². The van der Waals surface area contributed by atoms with Crippen LogP contribution in [0.1, 0.15) is 30.1 Å². The number of anilines is 1. The van der Waals surface area contributed by atoms with Crippen LogP contribution in [0.3, 0.4) is 0 Å².